The number of unbranched alkanes of at least 4 members (excludes halogenated alkanes) is 5. The number of cyclic esters (lactones) is 1. The lowest BCUT2D eigenvalue weighted by Gasteiger charge is -2.25. The molecule has 0 aliphatic carbocycles. The maximum absolute atomic E-state index is 12.0. The van der Waals surface area contributed by atoms with Crippen LogP contribution in [0.1, 0.15) is 117 Å². The van der Waals surface area contributed by atoms with E-state index in [1.807, 2.05) is 0 Å². The fourth-order valence-electron chi connectivity index (χ4n) is 3.44. The normalized spacial score (nSPS) is 24.0. The molecule has 0 radical (unpaired) electrons. The molecule has 3 heteroatoms. The van der Waals surface area contributed by atoms with Gasteiger partial charge in [0.1, 0.15) is 0 Å². The van der Waals surface area contributed by atoms with Crippen LogP contribution in [-0.4, -0.2) is 18.4 Å². The van der Waals surface area contributed by atoms with E-state index in [0.717, 1.165) is 44.9 Å². The summed E-state index contributed by atoms with van der Waals surface area (Å²) < 4.78 is 11.9. The van der Waals surface area contributed by atoms with E-state index in [1.54, 1.807) is 0 Å². The van der Waals surface area contributed by atoms with Gasteiger partial charge in [-0.25, -0.2) is 0 Å². The average Bonchev–Trinajstić information content (AvgIpc) is 2.55. The molecular formula is C21H40O3. The second kappa shape index (κ2) is 14.7. The van der Waals surface area contributed by atoms with E-state index in [9.17, 15) is 4.79 Å². The SMILES string of the molecule is CCCCCCCCC1OC(=O)CCCCCCCC(CCC)O1. The Morgan fingerprint density at radius 3 is 2.33 bits per heavy atom. The molecule has 0 N–H and O–H groups in total. The Labute approximate surface area is 149 Å². The number of ether oxygens (including phenoxy) is 2. The summed E-state index contributed by atoms with van der Waals surface area (Å²) in [5.41, 5.74) is 0. The Morgan fingerprint density at radius 2 is 1.54 bits per heavy atom. The van der Waals surface area contributed by atoms with E-state index in [1.165, 1.54) is 51.4 Å². The fourth-order valence-corrected chi connectivity index (χ4v) is 3.44. The number of hydrogen-bond donors (Lipinski definition) is 0. The van der Waals surface area contributed by atoms with Gasteiger partial charge in [0.2, 0.25) is 6.29 Å². The van der Waals surface area contributed by atoms with Crippen LogP contribution in [0.3, 0.4) is 0 Å². The number of carbonyl (C=O) groups is 1. The van der Waals surface area contributed by atoms with Gasteiger partial charge in [-0.3, -0.25) is 4.79 Å². The summed E-state index contributed by atoms with van der Waals surface area (Å²) in [7, 11) is 0. The Balaban J connectivity index is 2.44. The molecule has 142 valence electrons. The Morgan fingerprint density at radius 1 is 0.833 bits per heavy atom. The molecule has 1 rings (SSSR count). The molecule has 0 aromatic rings. The maximum atomic E-state index is 12.0. The van der Waals surface area contributed by atoms with Gasteiger partial charge < -0.3 is 9.47 Å². The van der Waals surface area contributed by atoms with E-state index in [2.05, 4.69) is 13.8 Å². The summed E-state index contributed by atoms with van der Waals surface area (Å²) in [5, 5.41) is 0. The van der Waals surface area contributed by atoms with Crippen molar-refractivity contribution in [2.75, 3.05) is 0 Å². The van der Waals surface area contributed by atoms with Crippen molar-refractivity contribution in [3.8, 4) is 0 Å². The zero-order valence-corrected chi connectivity index (χ0v) is 16.2. The number of rotatable bonds is 9. The molecule has 1 aliphatic rings. The number of esters is 1. The first kappa shape index (κ1) is 21.5. The zero-order chi connectivity index (χ0) is 17.5. The minimum absolute atomic E-state index is 0.0678. The summed E-state index contributed by atoms with van der Waals surface area (Å²) in [6.07, 6.45) is 18.0. The largest absolute Gasteiger partial charge is 0.436 e. The van der Waals surface area contributed by atoms with Crippen molar-refractivity contribution in [2.45, 2.75) is 129 Å². The Hall–Kier alpha value is -0.570. The molecule has 1 aliphatic heterocycles. The molecule has 24 heavy (non-hydrogen) atoms. The third-order valence-corrected chi connectivity index (χ3v) is 4.92. The molecule has 0 bridgehead atoms. The molecule has 0 saturated carbocycles. The van der Waals surface area contributed by atoms with Gasteiger partial charge in [-0.05, 0) is 25.7 Å². The number of carbonyl (C=O) groups excluding carboxylic acids is 1. The first-order valence-corrected chi connectivity index (χ1v) is 10.6. The van der Waals surface area contributed by atoms with Crippen molar-refractivity contribution in [1.82, 2.24) is 0 Å². The summed E-state index contributed by atoms with van der Waals surface area (Å²) in [5.74, 6) is -0.0678. The molecule has 0 spiro atoms. The minimum atomic E-state index is -0.320. The molecule has 3 nitrogen and oxygen atoms in total. The molecule has 0 amide bonds. The van der Waals surface area contributed by atoms with Gasteiger partial charge in [-0.1, -0.05) is 78.1 Å². The van der Waals surface area contributed by atoms with Crippen LogP contribution in [0.4, 0.5) is 0 Å². The average molecular weight is 341 g/mol. The highest BCUT2D eigenvalue weighted by molar-refractivity contribution is 5.69. The van der Waals surface area contributed by atoms with E-state index in [4.69, 9.17) is 9.47 Å². The molecule has 2 unspecified atom stereocenters. The van der Waals surface area contributed by atoms with Crippen LogP contribution < -0.4 is 0 Å². The van der Waals surface area contributed by atoms with Crippen LogP contribution in [-0.2, 0) is 14.3 Å². The van der Waals surface area contributed by atoms with Crippen LogP contribution in [0.15, 0.2) is 0 Å². The molecule has 1 fully saturated rings. The van der Waals surface area contributed by atoms with Crippen LogP contribution >= 0.6 is 0 Å². The topological polar surface area (TPSA) is 35.5 Å². The Bertz CT molecular complexity index is 303. The lowest BCUT2D eigenvalue weighted by Crippen LogP contribution is -2.27. The van der Waals surface area contributed by atoms with Crippen molar-refractivity contribution in [1.29, 1.82) is 0 Å². The Kier molecular flexibility index (Phi) is 13.2. The van der Waals surface area contributed by atoms with Gasteiger partial charge in [-0.15, -0.1) is 0 Å². The van der Waals surface area contributed by atoms with E-state index < -0.39 is 0 Å². The molecule has 0 aromatic carbocycles. The van der Waals surface area contributed by atoms with E-state index in [0.29, 0.717) is 6.42 Å². The number of hydrogen-bond acceptors (Lipinski definition) is 3. The lowest BCUT2D eigenvalue weighted by atomic mass is 10.0. The van der Waals surface area contributed by atoms with Crippen LogP contribution in [0.25, 0.3) is 0 Å². The molecular weight excluding hydrogens is 300 g/mol. The highest BCUT2D eigenvalue weighted by atomic mass is 16.7. The minimum Gasteiger partial charge on any atom is -0.436 e. The summed E-state index contributed by atoms with van der Waals surface area (Å²) in [6.45, 7) is 4.44. The second-order valence-electron chi connectivity index (χ2n) is 7.33. The van der Waals surface area contributed by atoms with E-state index in [-0.39, 0.29) is 18.4 Å². The van der Waals surface area contributed by atoms with E-state index >= 15 is 0 Å². The predicted molar refractivity (Wildman–Crippen MR) is 100.0 cm³/mol. The second-order valence-corrected chi connectivity index (χ2v) is 7.33. The molecule has 2 atom stereocenters. The third kappa shape index (κ3) is 11.1. The smallest absolute Gasteiger partial charge is 0.308 e. The lowest BCUT2D eigenvalue weighted by molar-refractivity contribution is -0.193. The van der Waals surface area contributed by atoms with Crippen LogP contribution in [0.2, 0.25) is 0 Å². The highest BCUT2D eigenvalue weighted by Gasteiger charge is 2.20. The molecule has 0 aromatic heterocycles. The monoisotopic (exact) mass is 340 g/mol. The predicted octanol–water partition coefficient (Wildman–Crippen LogP) is 6.54. The maximum Gasteiger partial charge on any atom is 0.308 e. The van der Waals surface area contributed by atoms with Crippen molar-refractivity contribution in [3.63, 3.8) is 0 Å². The van der Waals surface area contributed by atoms with Gasteiger partial charge in [0.15, 0.2) is 0 Å². The summed E-state index contributed by atoms with van der Waals surface area (Å²) in [4.78, 5) is 12.0. The van der Waals surface area contributed by atoms with Crippen molar-refractivity contribution in [2.24, 2.45) is 0 Å². The summed E-state index contributed by atoms with van der Waals surface area (Å²) in [6, 6.07) is 0. The highest BCUT2D eigenvalue weighted by Crippen LogP contribution is 2.21. The van der Waals surface area contributed by atoms with Gasteiger partial charge in [-0.2, -0.15) is 0 Å². The van der Waals surface area contributed by atoms with Crippen molar-refractivity contribution >= 4 is 5.97 Å². The zero-order valence-electron chi connectivity index (χ0n) is 16.2. The van der Waals surface area contributed by atoms with Crippen molar-refractivity contribution < 1.29 is 14.3 Å². The third-order valence-electron chi connectivity index (χ3n) is 4.92. The van der Waals surface area contributed by atoms with Crippen molar-refractivity contribution in [3.05, 3.63) is 0 Å². The molecule has 1 heterocycles. The van der Waals surface area contributed by atoms with Gasteiger partial charge >= 0.3 is 5.97 Å². The first-order valence-electron chi connectivity index (χ1n) is 10.6. The van der Waals surface area contributed by atoms with Gasteiger partial charge in [0.25, 0.3) is 0 Å². The van der Waals surface area contributed by atoms with Gasteiger partial charge in [0, 0.05) is 12.8 Å². The summed E-state index contributed by atoms with van der Waals surface area (Å²) >= 11 is 0. The van der Waals surface area contributed by atoms with Crippen LogP contribution in [0, 0.1) is 0 Å². The van der Waals surface area contributed by atoms with Gasteiger partial charge in [0.05, 0.1) is 6.10 Å². The standard InChI is InChI=1S/C21H40O3/c1-3-5-6-7-11-14-18-21-23-19(15-4-2)16-12-9-8-10-13-17-20(22)24-21/h19,21H,3-18H2,1-2H3. The first-order chi connectivity index (χ1) is 11.8. The fraction of sp³-hybridized carbons (Fsp3) is 0.952. The molecule has 1 saturated heterocycles. The van der Waals surface area contributed by atoms with Crippen LogP contribution in [0.5, 0.6) is 0 Å². The quantitative estimate of drug-likeness (QED) is 0.353.